The molecular weight excluding hydrogens is 354 g/mol. The van der Waals surface area contributed by atoms with Gasteiger partial charge in [-0.05, 0) is 44.5 Å². The van der Waals surface area contributed by atoms with Crippen molar-refractivity contribution >= 4 is 22.5 Å². The molecule has 0 aliphatic heterocycles. The summed E-state index contributed by atoms with van der Waals surface area (Å²) in [6, 6.07) is 5.69. The average molecular weight is 370 g/mol. The topological polar surface area (TPSA) is 89.7 Å². The standard InChI is InChI=1S/C18H16ClN5O2/c1-9(2)25-18-14(19)6-12(7-20-18)17-22-16(24-26-17)13-5-11-8-21-23-15(11)4-10(13)3/h4-9H,1-3H3,(H,21,23). The van der Waals surface area contributed by atoms with Crippen LogP contribution in [-0.2, 0) is 0 Å². The maximum Gasteiger partial charge on any atom is 0.259 e. The van der Waals surface area contributed by atoms with Crippen molar-refractivity contribution in [3.8, 4) is 28.7 Å². The predicted octanol–water partition coefficient (Wildman–Crippen LogP) is 4.42. The Kier molecular flexibility index (Phi) is 4.08. The number of nitrogens with one attached hydrogen (secondary N) is 1. The van der Waals surface area contributed by atoms with Gasteiger partial charge in [0.2, 0.25) is 11.7 Å². The number of ether oxygens (including phenoxy) is 1. The van der Waals surface area contributed by atoms with Crippen LogP contribution in [0.5, 0.6) is 5.88 Å². The fraction of sp³-hybridized carbons (Fsp3) is 0.222. The van der Waals surface area contributed by atoms with Gasteiger partial charge in [0.15, 0.2) is 0 Å². The molecule has 3 heterocycles. The van der Waals surface area contributed by atoms with Crippen LogP contribution in [-0.4, -0.2) is 31.4 Å². The number of pyridine rings is 1. The summed E-state index contributed by atoms with van der Waals surface area (Å²) in [6.45, 7) is 5.81. The molecule has 1 aromatic carbocycles. The number of hydrogen-bond acceptors (Lipinski definition) is 6. The van der Waals surface area contributed by atoms with Gasteiger partial charge < -0.3 is 9.26 Å². The van der Waals surface area contributed by atoms with Crippen molar-refractivity contribution in [3.05, 3.63) is 41.2 Å². The molecular formula is C18H16ClN5O2. The minimum atomic E-state index is -0.0123. The summed E-state index contributed by atoms with van der Waals surface area (Å²) in [4.78, 5) is 8.72. The lowest BCUT2D eigenvalue weighted by Gasteiger charge is -2.09. The summed E-state index contributed by atoms with van der Waals surface area (Å²) >= 11 is 6.24. The molecule has 0 aliphatic rings. The largest absolute Gasteiger partial charge is 0.474 e. The third-order valence-corrected chi connectivity index (χ3v) is 4.12. The SMILES string of the molecule is Cc1cc2[nH]ncc2cc1-c1noc(-c2cnc(OC(C)C)c(Cl)c2)n1. The molecule has 0 amide bonds. The lowest BCUT2D eigenvalue weighted by atomic mass is 10.1. The van der Waals surface area contributed by atoms with E-state index in [4.69, 9.17) is 20.9 Å². The second-order valence-electron chi connectivity index (χ2n) is 6.23. The van der Waals surface area contributed by atoms with Crippen molar-refractivity contribution in [2.24, 2.45) is 0 Å². The zero-order valence-corrected chi connectivity index (χ0v) is 15.2. The van der Waals surface area contributed by atoms with E-state index in [0.29, 0.717) is 28.2 Å². The second-order valence-corrected chi connectivity index (χ2v) is 6.63. The number of aromatic nitrogens is 5. The van der Waals surface area contributed by atoms with Crippen molar-refractivity contribution in [1.82, 2.24) is 25.3 Å². The molecule has 0 fully saturated rings. The highest BCUT2D eigenvalue weighted by molar-refractivity contribution is 6.32. The van der Waals surface area contributed by atoms with E-state index in [1.165, 1.54) is 0 Å². The van der Waals surface area contributed by atoms with Crippen LogP contribution in [0, 0.1) is 6.92 Å². The first-order valence-electron chi connectivity index (χ1n) is 8.11. The fourth-order valence-corrected chi connectivity index (χ4v) is 2.85. The number of aromatic amines is 1. The zero-order valence-electron chi connectivity index (χ0n) is 14.4. The molecule has 132 valence electrons. The highest BCUT2D eigenvalue weighted by Gasteiger charge is 2.16. The van der Waals surface area contributed by atoms with Gasteiger partial charge in [0.05, 0.1) is 23.4 Å². The van der Waals surface area contributed by atoms with Crippen molar-refractivity contribution in [2.75, 3.05) is 0 Å². The Labute approximate surface area is 154 Å². The number of benzene rings is 1. The molecule has 4 aromatic rings. The Morgan fingerprint density at radius 1 is 1.19 bits per heavy atom. The van der Waals surface area contributed by atoms with Crippen molar-refractivity contribution < 1.29 is 9.26 Å². The number of hydrogen-bond donors (Lipinski definition) is 1. The van der Waals surface area contributed by atoms with E-state index in [1.807, 2.05) is 32.9 Å². The minimum Gasteiger partial charge on any atom is -0.474 e. The highest BCUT2D eigenvalue weighted by atomic mass is 35.5. The van der Waals surface area contributed by atoms with Crippen molar-refractivity contribution in [3.63, 3.8) is 0 Å². The van der Waals surface area contributed by atoms with Crippen LogP contribution in [0.4, 0.5) is 0 Å². The molecule has 0 unspecified atom stereocenters. The minimum absolute atomic E-state index is 0.0123. The van der Waals surface area contributed by atoms with Crippen LogP contribution in [0.1, 0.15) is 19.4 Å². The summed E-state index contributed by atoms with van der Waals surface area (Å²) in [5, 5.41) is 12.5. The van der Waals surface area contributed by atoms with E-state index in [0.717, 1.165) is 22.0 Å². The first-order valence-corrected chi connectivity index (χ1v) is 8.49. The average Bonchev–Trinajstić information content (AvgIpc) is 3.24. The van der Waals surface area contributed by atoms with Crippen LogP contribution in [0.3, 0.4) is 0 Å². The molecule has 4 rings (SSSR count). The molecule has 1 N–H and O–H groups in total. The van der Waals surface area contributed by atoms with E-state index in [2.05, 4.69) is 25.3 Å². The van der Waals surface area contributed by atoms with Gasteiger partial charge >= 0.3 is 0 Å². The first-order chi connectivity index (χ1) is 12.5. The normalized spacial score (nSPS) is 11.4. The predicted molar refractivity (Wildman–Crippen MR) is 98.1 cm³/mol. The molecule has 0 saturated carbocycles. The van der Waals surface area contributed by atoms with Gasteiger partial charge in [-0.1, -0.05) is 16.8 Å². The van der Waals surface area contributed by atoms with E-state index in [-0.39, 0.29) is 6.10 Å². The van der Waals surface area contributed by atoms with Gasteiger partial charge in [-0.3, -0.25) is 5.10 Å². The van der Waals surface area contributed by atoms with Gasteiger partial charge in [0.1, 0.15) is 5.02 Å². The third-order valence-electron chi connectivity index (χ3n) is 3.85. The van der Waals surface area contributed by atoms with Crippen molar-refractivity contribution in [2.45, 2.75) is 26.9 Å². The Bertz CT molecular complexity index is 1090. The molecule has 0 atom stereocenters. The Hall–Kier alpha value is -2.93. The smallest absolute Gasteiger partial charge is 0.259 e. The summed E-state index contributed by atoms with van der Waals surface area (Å²) in [7, 11) is 0. The van der Waals surface area contributed by atoms with Gasteiger partial charge in [-0.2, -0.15) is 10.1 Å². The third kappa shape index (κ3) is 3.01. The van der Waals surface area contributed by atoms with Gasteiger partial charge in [0.25, 0.3) is 5.89 Å². The molecule has 0 bridgehead atoms. The van der Waals surface area contributed by atoms with Crippen LogP contribution in [0.2, 0.25) is 5.02 Å². The molecule has 0 spiro atoms. The first kappa shape index (κ1) is 16.5. The van der Waals surface area contributed by atoms with Crippen LogP contribution < -0.4 is 4.74 Å². The summed E-state index contributed by atoms with van der Waals surface area (Å²) in [6.07, 6.45) is 3.35. The molecule has 7 nitrogen and oxygen atoms in total. The number of H-pyrrole nitrogens is 1. The number of aryl methyl sites for hydroxylation is 1. The maximum absolute atomic E-state index is 6.24. The Morgan fingerprint density at radius 2 is 2.04 bits per heavy atom. The summed E-state index contributed by atoms with van der Waals surface area (Å²) in [5.41, 5.74) is 3.50. The molecule has 0 radical (unpaired) electrons. The monoisotopic (exact) mass is 369 g/mol. The molecule has 0 aliphatic carbocycles. The van der Waals surface area contributed by atoms with Gasteiger partial charge in [-0.25, -0.2) is 4.98 Å². The van der Waals surface area contributed by atoms with Crippen molar-refractivity contribution in [1.29, 1.82) is 0 Å². The number of halogens is 1. The summed E-state index contributed by atoms with van der Waals surface area (Å²) in [5.74, 6) is 1.22. The Balaban J connectivity index is 1.69. The molecule has 0 saturated heterocycles. The van der Waals surface area contributed by atoms with Crippen LogP contribution in [0.25, 0.3) is 33.7 Å². The van der Waals surface area contributed by atoms with E-state index >= 15 is 0 Å². The lowest BCUT2D eigenvalue weighted by Crippen LogP contribution is -2.07. The second kappa shape index (κ2) is 6.42. The quantitative estimate of drug-likeness (QED) is 0.572. The van der Waals surface area contributed by atoms with Crippen LogP contribution in [0.15, 0.2) is 35.1 Å². The fourth-order valence-electron chi connectivity index (χ4n) is 2.64. The lowest BCUT2D eigenvalue weighted by molar-refractivity contribution is 0.233. The number of fused-ring (bicyclic) bond motifs is 1. The van der Waals surface area contributed by atoms with E-state index in [9.17, 15) is 0 Å². The number of nitrogens with zero attached hydrogens (tertiary/aromatic N) is 4. The molecule has 8 heteroatoms. The highest BCUT2D eigenvalue weighted by Crippen LogP contribution is 2.30. The van der Waals surface area contributed by atoms with Gasteiger partial charge in [0, 0.05) is 17.1 Å². The van der Waals surface area contributed by atoms with Crippen LogP contribution >= 0.6 is 11.6 Å². The maximum atomic E-state index is 6.24. The number of rotatable bonds is 4. The molecule has 3 aromatic heterocycles. The zero-order chi connectivity index (χ0) is 18.3. The van der Waals surface area contributed by atoms with E-state index < -0.39 is 0 Å². The Morgan fingerprint density at radius 3 is 2.81 bits per heavy atom. The molecule has 26 heavy (non-hydrogen) atoms. The summed E-state index contributed by atoms with van der Waals surface area (Å²) < 4.78 is 10.9. The van der Waals surface area contributed by atoms with Gasteiger partial charge in [-0.15, -0.1) is 0 Å². The van der Waals surface area contributed by atoms with E-state index in [1.54, 1.807) is 18.5 Å².